The van der Waals surface area contributed by atoms with Crippen LogP contribution in [0.2, 0.25) is 0 Å². The summed E-state index contributed by atoms with van der Waals surface area (Å²) in [6, 6.07) is 48.7. The first kappa shape index (κ1) is 23.4. The molecule has 3 heterocycles. The van der Waals surface area contributed by atoms with Gasteiger partial charge in [0.05, 0.1) is 0 Å². The first-order valence-electron chi connectivity index (χ1n) is 14.9. The molecular formula is C39H22BNSe2. The molecule has 0 fully saturated rings. The van der Waals surface area contributed by atoms with Gasteiger partial charge in [0.1, 0.15) is 0 Å². The molecule has 0 bridgehead atoms. The molecule has 3 aliphatic heterocycles. The Bertz CT molecular complexity index is 2320. The third-order valence-corrected chi connectivity index (χ3v) is 15.0. The summed E-state index contributed by atoms with van der Waals surface area (Å²) in [6.45, 7) is 0.327. The van der Waals surface area contributed by atoms with Crippen LogP contribution in [0.15, 0.2) is 127 Å². The van der Waals surface area contributed by atoms with Gasteiger partial charge in [-0.15, -0.1) is 0 Å². The van der Waals surface area contributed by atoms with Gasteiger partial charge in [-0.3, -0.25) is 0 Å². The first-order valence-corrected chi connectivity index (χ1v) is 18.3. The summed E-state index contributed by atoms with van der Waals surface area (Å²) in [5, 5.41) is 9.41. The molecule has 1 spiro atoms. The van der Waals surface area contributed by atoms with Crippen LogP contribution in [0.3, 0.4) is 0 Å². The van der Waals surface area contributed by atoms with Crippen LogP contribution in [0.1, 0.15) is 22.3 Å². The van der Waals surface area contributed by atoms with Gasteiger partial charge in [0, 0.05) is 0 Å². The van der Waals surface area contributed by atoms with Crippen LogP contribution in [-0.4, -0.2) is 36.6 Å². The Balaban J connectivity index is 1.35. The Morgan fingerprint density at radius 3 is 1.72 bits per heavy atom. The molecule has 43 heavy (non-hydrogen) atoms. The molecule has 0 unspecified atom stereocenters. The third-order valence-electron chi connectivity index (χ3n) is 10.1. The summed E-state index contributed by atoms with van der Waals surface area (Å²) in [6.07, 6.45) is 0. The van der Waals surface area contributed by atoms with Gasteiger partial charge in [-0.25, -0.2) is 0 Å². The van der Waals surface area contributed by atoms with Gasteiger partial charge in [0.15, 0.2) is 0 Å². The van der Waals surface area contributed by atoms with Crippen molar-refractivity contribution >= 4 is 104 Å². The fourth-order valence-electron chi connectivity index (χ4n) is 8.69. The molecule has 11 rings (SSSR count). The molecule has 0 atom stereocenters. The van der Waals surface area contributed by atoms with Crippen LogP contribution in [0.25, 0.3) is 21.5 Å². The van der Waals surface area contributed by atoms with E-state index in [9.17, 15) is 0 Å². The Labute approximate surface area is 262 Å². The molecule has 4 aliphatic rings. The minimum atomic E-state index is -0.386. The maximum atomic E-state index is 3.92. The van der Waals surface area contributed by atoms with Crippen LogP contribution in [0, 0.1) is 0 Å². The SMILES string of the molecule is c1ccc(Nc2ccc3ccc4cccc5c4c3c2C52c3cccc4c3B3c5c(cccc5[Se]c5cccc2c53)[Se]4)cc1. The minimum absolute atomic E-state index is 0.294. The van der Waals surface area contributed by atoms with Crippen molar-refractivity contribution < 1.29 is 0 Å². The molecule has 1 aliphatic carbocycles. The van der Waals surface area contributed by atoms with Crippen LogP contribution in [0.4, 0.5) is 11.4 Å². The van der Waals surface area contributed by atoms with E-state index >= 15 is 0 Å². The van der Waals surface area contributed by atoms with Crippen LogP contribution in [0.5, 0.6) is 0 Å². The molecule has 0 aromatic heterocycles. The maximum absolute atomic E-state index is 3.92. The number of para-hydroxylation sites is 1. The number of rotatable bonds is 2. The van der Waals surface area contributed by atoms with Crippen LogP contribution < -0.4 is 39.6 Å². The molecule has 1 nitrogen and oxygen atoms in total. The van der Waals surface area contributed by atoms with E-state index in [4.69, 9.17) is 0 Å². The van der Waals surface area contributed by atoms with Gasteiger partial charge in [0.25, 0.3) is 0 Å². The predicted octanol–water partition coefficient (Wildman–Crippen LogP) is 3.20. The van der Waals surface area contributed by atoms with Crippen molar-refractivity contribution in [3.63, 3.8) is 0 Å². The van der Waals surface area contributed by atoms with Crippen molar-refractivity contribution in [2.75, 3.05) is 5.32 Å². The predicted molar refractivity (Wildman–Crippen MR) is 184 cm³/mol. The number of hydrogen-bond donors (Lipinski definition) is 1. The zero-order valence-corrected chi connectivity index (χ0v) is 26.4. The van der Waals surface area contributed by atoms with Crippen LogP contribution >= 0.6 is 0 Å². The molecule has 0 radical (unpaired) electrons. The van der Waals surface area contributed by atoms with Crippen LogP contribution in [-0.2, 0) is 5.41 Å². The average Bonchev–Trinajstić information content (AvgIpc) is 3.36. The quantitative estimate of drug-likeness (QED) is 0.220. The van der Waals surface area contributed by atoms with E-state index in [0.717, 1.165) is 5.69 Å². The van der Waals surface area contributed by atoms with E-state index in [1.165, 1.54) is 49.5 Å². The van der Waals surface area contributed by atoms with E-state index < -0.39 is 0 Å². The molecule has 0 amide bonds. The van der Waals surface area contributed by atoms with E-state index in [1.807, 2.05) is 0 Å². The normalized spacial score (nSPS) is 15.4. The number of anilines is 2. The second-order valence-corrected chi connectivity index (χ2v) is 16.6. The Kier molecular flexibility index (Phi) is 4.42. The van der Waals surface area contributed by atoms with E-state index in [-0.39, 0.29) is 5.41 Å². The zero-order valence-electron chi connectivity index (χ0n) is 23.0. The summed E-state index contributed by atoms with van der Waals surface area (Å²) >= 11 is 0.589. The molecule has 7 aromatic rings. The monoisotopic (exact) mass is 675 g/mol. The molecule has 0 saturated carbocycles. The third kappa shape index (κ3) is 2.74. The fraction of sp³-hybridized carbons (Fsp3) is 0.0256. The van der Waals surface area contributed by atoms with Crippen molar-refractivity contribution in [3.8, 4) is 0 Å². The molecule has 1 N–H and O–H groups in total. The Morgan fingerprint density at radius 1 is 0.465 bits per heavy atom. The van der Waals surface area contributed by atoms with Gasteiger partial charge in [-0.05, 0) is 0 Å². The van der Waals surface area contributed by atoms with E-state index in [1.54, 1.807) is 34.2 Å². The summed E-state index contributed by atoms with van der Waals surface area (Å²) in [7, 11) is 0. The first-order chi connectivity index (χ1) is 21.3. The number of hydrogen-bond acceptors (Lipinski definition) is 1. The molecular weight excluding hydrogens is 651 g/mol. The Hall–Kier alpha value is -4.04. The molecule has 7 aromatic carbocycles. The fourth-order valence-corrected chi connectivity index (χ4v) is 14.1. The summed E-state index contributed by atoms with van der Waals surface area (Å²) in [4.78, 5) is 0. The molecule has 0 saturated heterocycles. The Morgan fingerprint density at radius 2 is 1.02 bits per heavy atom. The van der Waals surface area contributed by atoms with Gasteiger partial charge in [0.2, 0.25) is 0 Å². The van der Waals surface area contributed by atoms with Gasteiger partial charge in [-0.1, -0.05) is 0 Å². The van der Waals surface area contributed by atoms with E-state index in [2.05, 4.69) is 133 Å². The van der Waals surface area contributed by atoms with Crippen molar-refractivity contribution in [2.24, 2.45) is 0 Å². The standard InChI is InChI=1S/C39H22BNSe2/c1-2-9-24(10-3-1)41-28-21-20-23-19-18-22-8-4-11-25-33(22)34(23)35(28)39(25)26-12-5-14-29-36(26)40-37-27(39)13-6-15-30(37)43-32-17-7-16-31(42-29)38(32)40/h1-21,41H. The summed E-state index contributed by atoms with van der Waals surface area (Å²) in [5.41, 5.74) is 12.6. The summed E-state index contributed by atoms with van der Waals surface area (Å²) in [5.74, 6) is 0. The van der Waals surface area contributed by atoms with Crippen molar-refractivity contribution in [1.29, 1.82) is 0 Å². The van der Waals surface area contributed by atoms with E-state index in [0.29, 0.717) is 36.6 Å². The molecule has 198 valence electrons. The summed E-state index contributed by atoms with van der Waals surface area (Å²) < 4.78 is 6.29. The number of fused-ring (bicyclic) bond motifs is 4. The zero-order chi connectivity index (χ0) is 27.9. The van der Waals surface area contributed by atoms with Gasteiger partial charge < -0.3 is 0 Å². The number of benzene rings is 7. The topological polar surface area (TPSA) is 12.0 Å². The van der Waals surface area contributed by atoms with Gasteiger partial charge >= 0.3 is 264 Å². The number of nitrogens with one attached hydrogen (secondary N) is 1. The van der Waals surface area contributed by atoms with Crippen molar-refractivity contribution in [3.05, 3.63) is 150 Å². The average molecular weight is 673 g/mol. The second kappa shape index (κ2) is 8.11. The van der Waals surface area contributed by atoms with Crippen molar-refractivity contribution in [1.82, 2.24) is 0 Å². The van der Waals surface area contributed by atoms with Gasteiger partial charge in [-0.2, -0.15) is 0 Å². The second-order valence-electron chi connectivity index (χ2n) is 12.0. The molecule has 4 heteroatoms. The van der Waals surface area contributed by atoms with Crippen molar-refractivity contribution in [2.45, 2.75) is 5.41 Å².